The first-order chi connectivity index (χ1) is 6.74. The molecule has 0 aliphatic carbocycles. The number of nitrogens with zero attached hydrogens (tertiary/aromatic N) is 3. The fourth-order valence-corrected chi connectivity index (χ4v) is 1.11. The number of nitrogens with one attached hydrogen (secondary N) is 1. The van der Waals surface area contributed by atoms with Crippen molar-refractivity contribution in [2.45, 2.75) is 0 Å². The Kier molecular flexibility index (Phi) is 2.06. The van der Waals surface area contributed by atoms with Crippen LogP contribution < -0.4 is 11.1 Å². The fourth-order valence-electron chi connectivity index (χ4n) is 1.11. The summed E-state index contributed by atoms with van der Waals surface area (Å²) in [5.41, 5.74) is 7.08. The molecule has 0 aromatic carbocycles. The number of pyridine rings is 1. The van der Waals surface area contributed by atoms with Gasteiger partial charge in [-0.1, -0.05) is 0 Å². The van der Waals surface area contributed by atoms with E-state index in [1.54, 1.807) is 23.1 Å². The third-order valence-electron chi connectivity index (χ3n) is 1.76. The molecule has 2 aromatic heterocycles. The number of rotatable bonds is 2. The minimum absolute atomic E-state index is 0.654. The van der Waals surface area contributed by atoms with Crippen LogP contribution >= 0.6 is 0 Å². The van der Waals surface area contributed by atoms with Crippen molar-refractivity contribution in [2.75, 3.05) is 11.1 Å². The maximum atomic E-state index is 5.52. The Bertz CT molecular complexity index is 417. The normalized spacial score (nSPS) is 10.1. The summed E-state index contributed by atoms with van der Waals surface area (Å²) in [4.78, 5) is 4.11. The van der Waals surface area contributed by atoms with Crippen molar-refractivity contribution in [1.82, 2.24) is 14.8 Å². The molecule has 2 aromatic rings. The van der Waals surface area contributed by atoms with Gasteiger partial charge in [0.05, 0.1) is 23.8 Å². The minimum Gasteiger partial charge on any atom is -0.397 e. The summed E-state index contributed by atoms with van der Waals surface area (Å²) in [6, 6.07) is 3.62. The number of anilines is 3. The van der Waals surface area contributed by atoms with Gasteiger partial charge in [0.1, 0.15) is 5.82 Å². The van der Waals surface area contributed by atoms with Crippen molar-refractivity contribution in [3.8, 4) is 0 Å². The molecule has 0 unspecified atom stereocenters. The van der Waals surface area contributed by atoms with E-state index in [1.807, 2.05) is 19.3 Å². The van der Waals surface area contributed by atoms with Crippen molar-refractivity contribution >= 4 is 17.2 Å². The molecule has 5 heteroatoms. The van der Waals surface area contributed by atoms with Gasteiger partial charge in [-0.3, -0.25) is 4.68 Å². The Labute approximate surface area is 81.6 Å². The van der Waals surface area contributed by atoms with Gasteiger partial charge in [-0.05, 0) is 12.1 Å². The lowest BCUT2D eigenvalue weighted by molar-refractivity contribution is 0.768. The van der Waals surface area contributed by atoms with Crippen LogP contribution in [0.1, 0.15) is 0 Å². The van der Waals surface area contributed by atoms with Crippen LogP contribution in [0, 0.1) is 0 Å². The maximum absolute atomic E-state index is 5.52. The largest absolute Gasteiger partial charge is 0.397 e. The van der Waals surface area contributed by atoms with Crippen LogP contribution in [0.15, 0.2) is 30.7 Å². The summed E-state index contributed by atoms with van der Waals surface area (Å²) in [7, 11) is 1.86. The van der Waals surface area contributed by atoms with E-state index in [2.05, 4.69) is 15.4 Å². The van der Waals surface area contributed by atoms with E-state index in [0.717, 1.165) is 11.5 Å². The molecule has 2 rings (SSSR count). The van der Waals surface area contributed by atoms with E-state index in [9.17, 15) is 0 Å². The molecule has 0 atom stereocenters. The number of nitrogens with two attached hydrogens (primary N) is 1. The molecule has 0 saturated carbocycles. The SMILES string of the molecule is Cn1cc(Nc2ccc(N)cn2)cn1. The van der Waals surface area contributed by atoms with Gasteiger partial charge in [0, 0.05) is 13.2 Å². The molecule has 0 amide bonds. The highest BCUT2D eigenvalue weighted by atomic mass is 15.3. The summed E-state index contributed by atoms with van der Waals surface area (Å²) in [5, 5.41) is 7.13. The molecule has 0 radical (unpaired) electrons. The van der Waals surface area contributed by atoms with E-state index in [1.165, 1.54) is 0 Å². The molecule has 0 saturated heterocycles. The van der Waals surface area contributed by atoms with Crippen LogP contribution in [0.3, 0.4) is 0 Å². The van der Waals surface area contributed by atoms with Gasteiger partial charge in [0.2, 0.25) is 0 Å². The molecular formula is C9H11N5. The summed E-state index contributed by atoms with van der Waals surface area (Å²) in [6.45, 7) is 0. The van der Waals surface area contributed by atoms with E-state index in [0.29, 0.717) is 5.69 Å². The Morgan fingerprint density at radius 1 is 1.36 bits per heavy atom. The van der Waals surface area contributed by atoms with Crippen LogP contribution in [0.4, 0.5) is 17.2 Å². The molecule has 72 valence electrons. The second-order valence-corrected chi connectivity index (χ2v) is 3.00. The zero-order chi connectivity index (χ0) is 9.97. The van der Waals surface area contributed by atoms with Gasteiger partial charge in [-0.2, -0.15) is 5.10 Å². The first kappa shape index (κ1) is 8.55. The standard InChI is InChI=1S/C9H11N5/c1-14-6-8(5-12-14)13-9-3-2-7(10)4-11-9/h2-6H,10H2,1H3,(H,11,13). The van der Waals surface area contributed by atoms with Crippen molar-refractivity contribution in [1.29, 1.82) is 0 Å². The highest BCUT2D eigenvalue weighted by Crippen LogP contribution is 2.13. The van der Waals surface area contributed by atoms with Crippen molar-refractivity contribution in [2.24, 2.45) is 7.05 Å². The Morgan fingerprint density at radius 2 is 2.21 bits per heavy atom. The maximum Gasteiger partial charge on any atom is 0.130 e. The molecule has 3 N–H and O–H groups in total. The molecule has 5 nitrogen and oxygen atoms in total. The first-order valence-electron chi connectivity index (χ1n) is 4.21. The van der Waals surface area contributed by atoms with Gasteiger partial charge in [-0.25, -0.2) is 4.98 Å². The van der Waals surface area contributed by atoms with Gasteiger partial charge in [-0.15, -0.1) is 0 Å². The Hall–Kier alpha value is -2.04. The number of hydrogen-bond donors (Lipinski definition) is 2. The third-order valence-corrected chi connectivity index (χ3v) is 1.76. The Balaban J connectivity index is 2.15. The number of aryl methyl sites for hydroxylation is 1. The van der Waals surface area contributed by atoms with E-state index < -0.39 is 0 Å². The second kappa shape index (κ2) is 3.37. The van der Waals surface area contributed by atoms with Gasteiger partial charge in [0.15, 0.2) is 0 Å². The summed E-state index contributed by atoms with van der Waals surface area (Å²) in [6.07, 6.45) is 5.22. The van der Waals surface area contributed by atoms with E-state index in [4.69, 9.17) is 5.73 Å². The summed E-state index contributed by atoms with van der Waals surface area (Å²) < 4.78 is 1.72. The fraction of sp³-hybridized carbons (Fsp3) is 0.111. The van der Waals surface area contributed by atoms with Gasteiger partial charge < -0.3 is 11.1 Å². The average molecular weight is 189 g/mol. The molecule has 2 heterocycles. The lowest BCUT2D eigenvalue weighted by Crippen LogP contribution is -1.93. The smallest absolute Gasteiger partial charge is 0.130 e. The number of aromatic nitrogens is 3. The molecule has 0 aliphatic heterocycles. The predicted molar refractivity (Wildman–Crippen MR) is 55.1 cm³/mol. The number of hydrogen-bond acceptors (Lipinski definition) is 4. The minimum atomic E-state index is 0.654. The van der Waals surface area contributed by atoms with Crippen LogP contribution in [-0.2, 0) is 7.05 Å². The summed E-state index contributed by atoms with van der Waals surface area (Å²) in [5.74, 6) is 0.757. The van der Waals surface area contributed by atoms with Gasteiger partial charge >= 0.3 is 0 Å². The highest BCUT2D eigenvalue weighted by molar-refractivity contribution is 5.55. The molecule has 0 bridgehead atoms. The van der Waals surface area contributed by atoms with Crippen LogP contribution in [-0.4, -0.2) is 14.8 Å². The van der Waals surface area contributed by atoms with Crippen molar-refractivity contribution < 1.29 is 0 Å². The lowest BCUT2D eigenvalue weighted by atomic mass is 10.4. The molecule has 0 aliphatic rings. The zero-order valence-corrected chi connectivity index (χ0v) is 7.81. The molecule has 0 spiro atoms. The lowest BCUT2D eigenvalue weighted by Gasteiger charge is -2.01. The monoisotopic (exact) mass is 189 g/mol. The van der Waals surface area contributed by atoms with Crippen molar-refractivity contribution in [3.63, 3.8) is 0 Å². The third kappa shape index (κ3) is 1.82. The molecular weight excluding hydrogens is 178 g/mol. The quantitative estimate of drug-likeness (QED) is 0.743. The summed E-state index contributed by atoms with van der Waals surface area (Å²) >= 11 is 0. The topological polar surface area (TPSA) is 68.8 Å². The van der Waals surface area contributed by atoms with Gasteiger partial charge in [0.25, 0.3) is 0 Å². The molecule has 14 heavy (non-hydrogen) atoms. The van der Waals surface area contributed by atoms with E-state index in [-0.39, 0.29) is 0 Å². The second-order valence-electron chi connectivity index (χ2n) is 3.00. The average Bonchev–Trinajstić information content (AvgIpc) is 2.56. The van der Waals surface area contributed by atoms with Crippen molar-refractivity contribution in [3.05, 3.63) is 30.7 Å². The van der Waals surface area contributed by atoms with Crippen LogP contribution in [0.2, 0.25) is 0 Å². The predicted octanol–water partition coefficient (Wildman–Crippen LogP) is 1.14. The van der Waals surface area contributed by atoms with E-state index >= 15 is 0 Å². The highest BCUT2D eigenvalue weighted by Gasteiger charge is 1.97. The Morgan fingerprint density at radius 3 is 2.79 bits per heavy atom. The first-order valence-corrected chi connectivity index (χ1v) is 4.21. The van der Waals surface area contributed by atoms with Crippen LogP contribution in [0.25, 0.3) is 0 Å². The molecule has 0 fully saturated rings. The van der Waals surface area contributed by atoms with Crippen LogP contribution in [0.5, 0.6) is 0 Å². The number of nitrogen functional groups attached to an aromatic ring is 1. The zero-order valence-electron chi connectivity index (χ0n) is 7.81.